The normalized spacial score (nSPS) is 17.2. The number of aromatic nitrogens is 2. The zero-order valence-corrected chi connectivity index (χ0v) is 21.6. The summed E-state index contributed by atoms with van der Waals surface area (Å²) < 4.78 is 40.7. The van der Waals surface area contributed by atoms with Crippen LogP contribution in [0.2, 0.25) is 5.02 Å². The van der Waals surface area contributed by atoms with E-state index >= 15 is 0 Å². The molecule has 2 aliphatic rings. The smallest absolute Gasteiger partial charge is 0.174 e. The van der Waals surface area contributed by atoms with Crippen molar-refractivity contribution >= 4 is 47.6 Å². The molecule has 3 heterocycles. The zero-order valence-electron chi connectivity index (χ0n) is 20.0. The van der Waals surface area contributed by atoms with Crippen molar-refractivity contribution in [3.63, 3.8) is 0 Å². The minimum absolute atomic E-state index is 0.0739. The first-order chi connectivity index (χ1) is 17.3. The Balaban J connectivity index is 1.34. The van der Waals surface area contributed by atoms with Gasteiger partial charge in [0.25, 0.3) is 0 Å². The number of rotatable bonds is 5. The van der Waals surface area contributed by atoms with Crippen LogP contribution in [0.3, 0.4) is 0 Å². The maximum absolute atomic E-state index is 14.5. The highest BCUT2D eigenvalue weighted by atomic mass is 35.5. The fourth-order valence-corrected chi connectivity index (χ4v) is 6.24. The summed E-state index contributed by atoms with van der Waals surface area (Å²) in [5, 5.41) is 6.32. The average Bonchev–Trinajstić information content (AvgIpc) is 3.06. The fraction of sp³-hybridized carbons (Fsp3) is 0.360. The molecule has 1 aromatic heterocycles. The van der Waals surface area contributed by atoms with E-state index in [9.17, 15) is 13.3 Å². The number of nitrogens with one attached hydrogen (secondary N) is 2. The van der Waals surface area contributed by atoms with Gasteiger partial charge in [0, 0.05) is 62.0 Å². The van der Waals surface area contributed by atoms with Gasteiger partial charge in [-0.05, 0) is 49.5 Å². The molecule has 0 radical (unpaired) electrons. The van der Waals surface area contributed by atoms with Crippen LogP contribution in [0.25, 0.3) is 0 Å². The van der Waals surface area contributed by atoms with Crippen molar-refractivity contribution in [2.45, 2.75) is 13.0 Å². The predicted octanol–water partition coefficient (Wildman–Crippen LogP) is 5.79. The minimum Gasteiger partial charge on any atom is -0.371 e. The lowest BCUT2D eigenvalue weighted by molar-refractivity contribution is 0.572. The molecule has 0 amide bonds. The quantitative estimate of drug-likeness (QED) is 0.318. The van der Waals surface area contributed by atoms with Crippen molar-refractivity contribution in [1.29, 1.82) is 0 Å². The summed E-state index contributed by atoms with van der Waals surface area (Å²) >= 11 is 6.08. The summed E-state index contributed by atoms with van der Waals surface area (Å²) in [6, 6.07) is 10.1. The largest absolute Gasteiger partial charge is 0.371 e. The third-order valence-electron chi connectivity index (χ3n) is 6.63. The molecule has 2 N–H and O–H groups in total. The van der Waals surface area contributed by atoms with Gasteiger partial charge in [-0.15, -0.1) is 0 Å². The van der Waals surface area contributed by atoms with Crippen LogP contribution >= 0.6 is 18.7 Å². The standard InChI is InChI=1S/C25H28ClF2N6OP/c1-36(35)13-11-33(12-14-36)18-5-3-17(4-6-18)31-22-15-30-24-25(32-22)34(10-2-9-29-24)16-19-20(27)7-8-21(28)23(19)26/h3-8,15H,2,9-14,16H2,1H3,(H,29,30)(H,31,32). The monoisotopic (exact) mass is 532 g/mol. The molecule has 7 nitrogen and oxygen atoms in total. The van der Waals surface area contributed by atoms with Gasteiger partial charge in [0.2, 0.25) is 0 Å². The average molecular weight is 533 g/mol. The van der Waals surface area contributed by atoms with Crippen molar-refractivity contribution in [2.24, 2.45) is 0 Å². The molecule has 1 saturated heterocycles. The SMILES string of the molecule is CP1(=O)CCN(c2ccc(Nc3cnc4c(n3)N(Cc3c(F)ccc(F)c3Cl)CCCN4)cc2)CC1. The predicted molar refractivity (Wildman–Crippen MR) is 143 cm³/mol. The molecule has 0 spiro atoms. The Labute approximate surface area is 214 Å². The lowest BCUT2D eigenvalue weighted by atomic mass is 10.2. The molecule has 0 unspecified atom stereocenters. The molecule has 0 saturated carbocycles. The van der Waals surface area contributed by atoms with E-state index in [1.165, 1.54) is 0 Å². The van der Waals surface area contributed by atoms with E-state index in [-0.39, 0.29) is 17.1 Å². The van der Waals surface area contributed by atoms with Crippen LogP contribution in [-0.4, -0.2) is 55.1 Å². The van der Waals surface area contributed by atoms with E-state index in [4.69, 9.17) is 16.6 Å². The summed E-state index contributed by atoms with van der Waals surface area (Å²) in [6.07, 6.45) is 3.91. The molecule has 3 aromatic rings. The molecule has 5 rings (SSSR count). The third kappa shape index (κ3) is 5.42. The van der Waals surface area contributed by atoms with Gasteiger partial charge in [0.1, 0.15) is 11.6 Å². The lowest BCUT2D eigenvalue weighted by Crippen LogP contribution is -2.34. The van der Waals surface area contributed by atoms with E-state index in [1.54, 1.807) is 6.20 Å². The van der Waals surface area contributed by atoms with Crippen LogP contribution in [-0.2, 0) is 11.1 Å². The number of anilines is 5. The second-order valence-electron chi connectivity index (χ2n) is 9.35. The number of halogens is 3. The van der Waals surface area contributed by atoms with Crippen molar-refractivity contribution in [3.8, 4) is 0 Å². The highest BCUT2D eigenvalue weighted by Gasteiger charge is 2.24. The first-order valence-electron chi connectivity index (χ1n) is 11.9. The summed E-state index contributed by atoms with van der Waals surface area (Å²) in [5.41, 5.74) is 2.04. The Morgan fingerprint density at radius 1 is 1.08 bits per heavy atom. The first-order valence-corrected chi connectivity index (χ1v) is 14.9. The van der Waals surface area contributed by atoms with E-state index in [0.29, 0.717) is 30.5 Å². The van der Waals surface area contributed by atoms with E-state index < -0.39 is 18.8 Å². The molecular formula is C25H28ClF2N6OP. The first kappa shape index (κ1) is 24.8. The topological polar surface area (TPSA) is 73.4 Å². The molecule has 2 aliphatic heterocycles. The number of hydrogen-bond donors (Lipinski definition) is 2. The summed E-state index contributed by atoms with van der Waals surface area (Å²) in [7, 11) is -1.97. The van der Waals surface area contributed by atoms with Gasteiger partial charge in [-0.1, -0.05) is 11.6 Å². The van der Waals surface area contributed by atoms with Crippen LogP contribution in [0.1, 0.15) is 12.0 Å². The third-order valence-corrected chi connectivity index (χ3v) is 9.33. The maximum atomic E-state index is 14.5. The fourth-order valence-electron chi connectivity index (χ4n) is 4.48. The van der Waals surface area contributed by atoms with Crippen LogP contribution < -0.4 is 20.4 Å². The molecule has 36 heavy (non-hydrogen) atoms. The Morgan fingerprint density at radius 2 is 1.81 bits per heavy atom. The van der Waals surface area contributed by atoms with Gasteiger partial charge in [0.15, 0.2) is 17.5 Å². The van der Waals surface area contributed by atoms with Crippen LogP contribution in [0.5, 0.6) is 0 Å². The Hall–Kier alpha value is -2.90. The number of fused-ring (bicyclic) bond motifs is 1. The number of hydrogen-bond acceptors (Lipinski definition) is 7. The molecule has 2 aromatic carbocycles. The number of benzene rings is 2. The minimum atomic E-state index is -1.97. The van der Waals surface area contributed by atoms with Gasteiger partial charge in [0.05, 0.1) is 18.4 Å². The van der Waals surface area contributed by atoms with Crippen molar-refractivity contribution in [2.75, 3.05) is 65.6 Å². The van der Waals surface area contributed by atoms with Gasteiger partial charge in [-0.3, -0.25) is 0 Å². The van der Waals surface area contributed by atoms with Crippen molar-refractivity contribution in [1.82, 2.24) is 9.97 Å². The second kappa shape index (κ2) is 10.2. The number of nitrogens with zero attached hydrogens (tertiary/aromatic N) is 4. The Bertz CT molecular complexity index is 1300. The molecule has 1 fully saturated rings. The molecule has 0 bridgehead atoms. The molecular weight excluding hydrogens is 505 g/mol. The molecule has 11 heteroatoms. The van der Waals surface area contributed by atoms with Gasteiger partial charge >= 0.3 is 0 Å². The van der Waals surface area contributed by atoms with Gasteiger partial charge < -0.3 is 25.0 Å². The second-order valence-corrected chi connectivity index (χ2v) is 13.2. The van der Waals surface area contributed by atoms with Crippen LogP contribution in [0.4, 0.5) is 37.6 Å². The van der Waals surface area contributed by atoms with Crippen LogP contribution in [0.15, 0.2) is 42.6 Å². The summed E-state index contributed by atoms with van der Waals surface area (Å²) in [5.74, 6) is 0.453. The van der Waals surface area contributed by atoms with E-state index in [0.717, 1.165) is 55.3 Å². The summed E-state index contributed by atoms with van der Waals surface area (Å²) in [6.45, 7) is 4.84. The van der Waals surface area contributed by atoms with Crippen molar-refractivity contribution in [3.05, 3.63) is 64.8 Å². The van der Waals surface area contributed by atoms with Gasteiger partial charge in [-0.2, -0.15) is 0 Å². The zero-order chi connectivity index (χ0) is 25.3. The van der Waals surface area contributed by atoms with Gasteiger partial charge in [-0.25, -0.2) is 18.7 Å². The van der Waals surface area contributed by atoms with Crippen LogP contribution in [0, 0.1) is 11.6 Å². The van der Waals surface area contributed by atoms with Crippen molar-refractivity contribution < 1.29 is 13.3 Å². The maximum Gasteiger partial charge on any atom is 0.174 e. The molecule has 0 aliphatic carbocycles. The van der Waals surface area contributed by atoms with E-state index in [2.05, 4.69) is 20.5 Å². The highest BCUT2D eigenvalue weighted by Crippen LogP contribution is 2.43. The Morgan fingerprint density at radius 3 is 2.56 bits per heavy atom. The molecule has 0 atom stereocenters. The Kier molecular flexibility index (Phi) is 7.04. The molecule has 190 valence electrons. The lowest BCUT2D eigenvalue weighted by Gasteiger charge is -2.32. The van der Waals surface area contributed by atoms with E-state index in [1.807, 2.05) is 35.8 Å². The highest BCUT2D eigenvalue weighted by molar-refractivity contribution is 7.63. The summed E-state index contributed by atoms with van der Waals surface area (Å²) in [4.78, 5) is 13.4.